The quantitative estimate of drug-likeness (QED) is 0.357. The van der Waals surface area contributed by atoms with Gasteiger partial charge >= 0.3 is 5.97 Å². The Morgan fingerprint density at radius 2 is 1.65 bits per heavy atom. The van der Waals surface area contributed by atoms with Gasteiger partial charge in [-0.2, -0.15) is 0 Å². The zero-order chi connectivity index (χ0) is 25.6. The molecule has 1 aromatic heterocycles. The van der Waals surface area contributed by atoms with Crippen LogP contribution in [-0.2, 0) is 27.1 Å². The standard InChI is InChI=1S/C31H35FN2O3/c1-21-27(24-11-13-26(32)14-12-24)34(19-22-7-8-22)28(33-21)31(37-20-23-9-10-23)17-15-30(16-18-31,29(35)36)25-5-3-2-4-6-25/h2-6,11-14,22-23H,7-10,15-20H2,1H3,(H,35,36). The predicted octanol–water partition coefficient (Wildman–Crippen LogP) is 6.63. The molecule has 6 heteroatoms. The summed E-state index contributed by atoms with van der Waals surface area (Å²) in [5.41, 5.74) is 2.20. The summed E-state index contributed by atoms with van der Waals surface area (Å²) in [4.78, 5) is 17.8. The average molecular weight is 503 g/mol. The summed E-state index contributed by atoms with van der Waals surface area (Å²) in [6.45, 7) is 3.57. The second-order valence-electron chi connectivity index (χ2n) is 11.4. The normalized spacial score (nSPS) is 25.8. The van der Waals surface area contributed by atoms with E-state index in [1.165, 1.54) is 37.8 Å². The van der Waals surface area contributed by atoms with Crippen molar-refractivity contribution in [3.63, 3.8) is 0 Å². The van der Waals surface area contributed by atoms with Gasteiger partial charge in [0.25, 0.3) is 0 Å². The van der Waals surface area contributed by atoms with Gasteiger partial charge in [0.1, 0.15) is 17.2 Å². The minimum absolute atomic E-state index is 0.252. The minimum Gasteiger partial charge on any atom is -0.481 e. The lowest BCUT2D eigenvalue weighted by molar-refractivity contribution is -0.151. The van der Waals surface area contributed by atoms with E-state index in [1.54, 1.807) is 0 Å². The molecular formula is C31H35FN2O3. The molecule has 3 fully saturated rings. The number of rotatable bonds is 9. The van der Waals surface area contributed by atoms with Crippen molar-refractivity contribution in [2.24, 2.45) is 11.8 Å². The molecule has 1 N–H and O–H groups in total. The lowest BCUT2D eigenvalue weighted by Crippen LogP contribution is -2.47. The number of benzene rings is 2. The van der Waals surface area contributed by atoms with E-state index in [9.17, 15) is 14.3 Å². The highest BCUT2D eigenvalue weighted by atomic mass is 19.1. The number of carboxylic acid groups (broad SMARTS) is 1. The zero-order valence-corrected chi connectivity index (χ0v) is 21.5. The molecule has 0 atom stereocenters. The van der Waals surface area contributed by atoms with E-state index in [-0.39, 0.29) is 5.82 Å². The Kier molecular flexibility index (Phi) is 6.18. The highest BCUT2D eigenvalue weighted by molar-refractivity contribution is 5.81. The van der Waals surface area contributed by atoms with Gasteiger partial charge < -0.3 is 14.4 Å². The van der Waals surface area contributed by atoms with Crippen molar-refractivity contribution in [3.8, 4) is 11.3 Å². The summed E-state index contributed by atoms with van der Waals surface area (Å²) in [6.07, 6.45) is 6.98. The summed E-state index contributed by atoms with van der Waals surface area (Å²) in [6, 6.07) is 16.3. The van der Waals surface area contributed by atoms with Crippen molar-refractivity contribution in [2.45, 2.75) is 75.9 Å². The van der Waals surface area contributed by atoms with E-state index in [2.05, 4.69) is 4.57 Å². The van der Waals surface area contributed by atoms with Crippen molar-refractivity contribution in [3.05, 3.63) is 77.5 Å². The number of aromatic nitrogens is 2. The van der Waals surface area contributed by atoms with Gasteiger partial charge in [-0.15, -0.1) is 0 Å². The van der Waals surface area contributed by atoms with Crippen molar-refractivity contribution in [2.75, 3.05) is 6.61 Å². The number of imidazole rings is 1. The molecule has 0 radical (unpaired) electrons. The van der Waals surface area contributed by atoms with Crippen LogP contribution in [0.25, 0.3) is 11.3 Å². The Bertz CT molecular complexity index is 1270. The first-order valence-corrected chi connectivity index (χ1v) is 13.7. The maximum atomic E-state index is 13.8. The summed E-state index contributed by atoms with van der Waals surface area (Å²) < 4.78 is 22.9. The first kappa shape index (κ1) is 24.4. The largest absolute Gasteiger partial charge is 0.481 e. The third kappa shape index (κ3) is 4.61. The van der Waals surface area contributed by atoms with Crippen LogP contribution < -0.4 is 0 Å². The Morgan fingerprint density at radius 1 is 1.00 bits per heavy atom. The maximum absolute atomic E-state index is 13.8. The van der Waals surface area contributed by atoms with Crippen LogP contribution in [0.2, 0.25) is 0 Å². The predicted molar refractivity (Wildman–Crippen MR) is 140 cm³/mol. The number of halogens is 1. The molecule has 3 aliphatic rings. The molecule has 5 nitrogen and oxygen atoms in total. The van der Waals surface area contributed by atoms with Gasteiger partial charge in [0.05, 0.1) is 23.4 Å². The van der Waals surface area contributed by atoms with Crippen LogP contribution in [0.15, 0.2) is 54.6 Å². The van der Waals surface area contributed by atoms with Gasteiger partial charge in [0.15, 0.2) is 0 Å². The molecule has 0 aliphatic heterocycles. The van der Waals surface area contributed by atoms with Crippen LogP contribution in [0.5, 0.6) is 0 Å². The molecule has 0 bridgehead atoms. The number of carbonyl (C=O) groups is 1. The van der Waals surface area contributed by atoms with Gasteiger partial charge in [-0.1, -0.05) is 30.3 Å². The number of aliphatic carboxylic acids is 1. The van der Waals surface area contributed by atoms with Crippen LogP contribution in [0, 0.1) is 24.6 Å². The van der Waals surface area contributed by atoms with E-state index < -0.39 is 17.0 Å². The van der Waals surface area contributed by atoms with Crippen LogP contribution in [0.3, 0.4) is 0 Å². The van der Waals surface area contributed by atoms with Crippen LogP contribution >= 0.6 is 0 Å². The zero-order valence-electron chi connectivity index (χ0n) is 21.5. The summed E-state index contributed by atoms with van der Waals surface area (Å²) in [5.74, 6) is 1.10. The topological polar surface area (TPSA) is 64.3 Å². The molecular weight excluding hydrogens is 467 g/mol. The highest BCUT2D eigenvalue weighted by Crippen LogP contribution is 2.51. The second kappa shape index (κ2) is 9.39. The number of carboxylic acids is 1. The van der Waals surface area contributed by atoms with E-state index in [0.29, 0.717) is 44.1 Å². The van der Waals surface area contributed by atoms with Gasteiger partial charge in [-0.3, -0.25) is 4.79 Å². The Labute approximate surface area is 217 Å². The Hall–Kier alpha value is -2.99. The fraction of sp³-hybridized carbons (Fsp3) is 0.484. The first-order valence-electron chi connectivity index (χ1n) is 13.7. The lowest BCUT2D eigenvalue weighted by Gasteiger charge is -2.44. The molecule has 0 saturated heterocycles. The summed E-state index contributed by atoms with van der Waals surface area (Å²) in [7, 11) is 0. The fourth-order valence-corrected chi connectivity index (χ4v) is 6.09. The van der Waals surface area contributed by atoms with Crippen LogP contribution in [-0.4, -0.2) is 27.2 Å². The number of nitrogens with zero attached hydrogens (tertiary/aromatic N) is 2. The van der Waals surface area contributed by atoms with E-state index in [4.69, 9.17) is 9.72 Å². The Morgan fingerprint density at radius 3 is 2.24 bits per heavy atom. The van der Waals surface area contributed by atoms with Crippen molar-refractivity contribution >= 4 is 5.97 Å². The van der Waals surface area contributed by atoms with Crippen molar-refractivity contribution in [1.82, 2.24) is 9.55 Å². The third-order valence-corrected chi connectivity index (χ3v) is 8.74. The highest BCUT2D eigenvalue weighted by Gasteiger charge is 2.52. The van der Waals surface area contributed by atoms with Crippen LogP contribution in [0.1, 0.15) is 68.4 Å². The molecule has 3 aliphatic carbocycles. The van der Waals surface area contributed by atoms with Crippen LogP contribution in [0.4, 0.5) is 4.39 Å². The molecule has 194 valence electrons. The lowest BCUT2D eigenvalue weighted by atomic mass is 9.65. The van der Waals surface area contributed by atoms with Crippen molar-refractivity contribution < 1.29 is 19.0 Å². The van der Waals surface area contributed by atoms with Gasteiger partial charge in [-0.05, 0) is 100.0 Å². The van der Waals surface area contributed by atoms with Gasteiger partial charge in [0.2, 0.25) is 0 Å². The first-order chi connectivity index (χ1) is 17.9. The molecule has 2 aromatic carbocycles. The summed E-state index contributed by atoms with van der Waals surface area (Å²) in [5, 5.41) is 10.4. The van der Waals surface area contributed by atoms with Crippen molar-refractivity contribution in [1.29, 1.82) is 0 Å². The number of hydrogen-bond donors (Lipinski definition) is 1. The fourth-order valence-electron chi connectivity index (χ4n) is 6.09. The Balaban J connectivity index is 1.42. The molecule has 37 heavy (non-hydrogen) atoms. The van der Waals surface area contributed by atoms with E-state index in [0.717, 1.165) is 34.9 Å². The van der Waals surface area contributed by atoms with E-state index in [1.807, 2.05) is 49.4 Å². The molecule has 3 aromatic rings. The second-order valence-corrected chi connectivity index (χ2v) is 11.4. The van der Waals surface area contributed by atoms with Gasteiger partial charge in [-0.25, -0.2) is 9.37 Å². The van der Waals surface area contributed by atoms with Gasteiger partial charge in [0, 0.05) is 12.1 Å². The monoisotopic (exact) mass is 502 g/mol. The minimum atomic E-state index is -0.920. The molecule has 1 heterocycles. The SMILES string of the molecule is Cc1nc(C2(OCC3CC3)CCC(C(=O)O)(c3ccccc3)CC2)n(CC2CC2)c1-c1ccc(F)cc1. The average Bonchev–Trinajstić information content (AvgIpc) is 3.84. The number of ether oxygens (including phenoxy) is 1. The summed E-state index contributed by atoms with van der Waals surface area (Å²) >= 11 is 0. The smallest absolute Gasteiger partial charge is 0.314 e. The molecule has 0 unspecified atom stereocenters. The molecule has 0 amide bonds. The number of aryl methyl sites for hydroxylation is 1. The molecule has 0 spiro atoms. The molecule has 3 saturated carbocycles. The molecule has 6 rings (SSSR count). The third-order valence-electron chi connectivity index (χ3n) is 8.74. The number of hydrogen-bond acceptors (Lipinski definition) is 3. The maximum Gasteiger partial charge on any atom is 0.314 e. The van der Waals surface area contributed by atoms with E-state index >= 15 is 0 Å².